The highest BCUT2D eigenvalue weighted by Gasteiger charge is 2.20. The van der Waals surface area contributed by atoms with Gasteiger partial charge in [0, 0.05) is 6.54 Å². The molecule has 0 spiro atoms. The summed E-state index contributed by atoms with van der Waals surface area (Å²) in [5.74, 6) is -0.300. The van der Waals surface area contributed by atoms with Crippen LogP contribution < -0.4 is 10.6 Å². The molecule has 0 bridgehead atoms. The fraction of sp³-hybridized carbons (Fsp3) is 0.867. The van der Waals surface area contributed by atoms with Gasteiger partial charge in [0.25, 0.3) is 0 Å². The summed E-state index contributed by atoms with van der Waals surface area (Å²) < 4.78 is 0. The molecule has 1 fully saturated rings. The fourth-order valence-corrected chi connectivity index (χ4v) is 2.62. The highest BCUT2D eigenvalue weighted by atomic mass is 16.4. The van der Waals surface area contributed by atoms with E-state index < -0.39 is 12.0 Å². The van der Waals surface area contributed by atoms with Gasteiger partial charge in [-0.2, -0.15) is 0 Å². The van der Waals surface area contributed by atoms with Crippen LogP contribution in [0.4, 0.5) is 4.79 Å². The monoisotopic (exact) mass is 299 g/mol. The Balaban J connectivity index is 2.18. The predicted molar refractivity (Wildman–Crippen MR) is 82.3 cm³/mol. The third-order valence-electron chi connectivity index (χ3n) is 4.13. The van der Waals surface area contributed by atoms with Crippen molar-refractivity contribution in [2.45, 2.75) is 51.5 Å². The Morgan fingerprint density at radius 1 is 1.33 bits per heavy atom. The molecule has 3 N–H and O–H groups in total. The summed E-state index contributed by atoms with van der Waals surface area (Å²) in [6.45, 7) is 4.85. The van der Waals surface area contributed by atoms with Gasteiger partial charge >= 0.3 is 12.0 Å². The van der Waals surface area contributed by atoms with E-state index in [0.717, 1.165) is 32.4 Å². The maximum absolute atomic E-state index is 11.7. The highest BCUT2D eigenvalue weighted by Crippen LogP contribution is 2.18. The third-order valence-corrected chi connectivity index (χ3v) is 4.13. The highest BCUT2D eigenvalue weighted by molar-refractivity contribution is 5.82. The molecule has 21 heavy (non-hydrogen) atoms. The molecule has 0 saturated carbocycles. The van der Waals surface area contributed by atoms with Crippen LogP contribution in [0.2, 0.25) is 0 Å². The number of carboxylic acids is 1. The normalized spacial score (nSPS) is 18.2. The summed E-state index contributed by atoms with van der Waals surface area (Å²) in [5, 5.41) is 14.4. The van der Waals surface area contributed by atoms with E-state index in [9.17, 15) is 9.59 Å². The minimum absolute atomic E-state index is 0.369. The molecule has 1 atom stereocenters. The van der Waals surface area contributed by atoms with Gasteiger partial charge in [0.15, 0.2) is 0 Å². The summed E-state index contributed by atoms with van der Waals surface area (Å²) in [6.07, 6.45) is 5.51. The van der Waals surface area contributed by atoms with Crippen molar-refractivity contribution in [1.29, 1.82) is 0 Å². The molecule has 6 heteroatoms. The number of carboxylic acid groups (broad SMARTS) is 1. The van der Waals surface area contributed by atoms with E-state index in [0.29, 0.717) is 18.9 Å². The lowest BCUT2D eigenvalue weighted by molar-refractivity contribution is -0.139. The molecule has 2 amide bonds. The van der Waals surface area contributed by atoms with Gasteiger partial charge in [0.2, 0.25) is 0 Å². The van der Waals surface area contributed by atoms with Crippen LogP contribution in [0.5, 0.6) is 0 Å². The second-order valence-corrected chi connectivity index (χ2v) is 5.97. The van der Waals surface area contributed by atoms with E-state index in [2.05, 4.69) is 22.6 Å². The Bertz CT molecular complexity index is 328. The smallest absolute Gasteiger partial charge is 0.326 e. The van der Waals surface area contributed by atoms with E-state index in [1.54, 1.807) is 0 Å². The van der Waals surface area contributed by atoms with Crippen LogP contribution in [0.25, 0.3) is 0 Å². The van der Waals surface area contributed by atoms with Gasteiger partial charge in [-0.3, -0.25) is 0 Å². The minimum Gasteiger partial charge on any atom is -0.480 e. The second kappa shape index (κ2) is 9.60. The lowest BCUT2D eigenvalue weighted by Crippen LogP contribution is -2.46. The van der Waals surface area contributed by atoms with Gasteiger partial charge < -0.3 is 20.6 Å². The molecule has 1 aliphatic rings. The molecule has 1 saturated heterocycles. The number of nitrogens with one attached hydrogen (secondary N) is 2. The molecule has 0 aromatic rings. The number of nitrogens with zero attached hydrogens (tertiary/aromatic N) is 1. The quantitative estimate of drug-likeness (QED) is 0.636. The fourth-order valence-electron chi connectivity index (χ4n) is 2.62. The van der Waals surface area contributed by atoms with Gasteiger partial charge in [-0.1, -0.05) is 19.8 Å². The first-order valence-electron chi connectivity index (χ1n) is 7.98. The molecule has 1 heterocycles. The van der Waals surface area contributed by atoms with Crippen LogP contribution in [0.15, 0.2) is 0 Å². The van der Waals surface area contributed by atoms with E-state index >= 15 is 0 Å². The topological polar surface area (TPSA) is 81.7 Å². The molecule has 122 valence electrons. The summed E-state index contributed by atoms with van der Waals surface area (Å²) in [7, 11) is 2.13. The lowest BCUT2D eigenvalue weighted by atomic mass is 9.94. The van der Waals surface area contributed by atoms with Crippen molar-refractivity contribution < 1.29 is 14.7 Å². The molecule has 1 aliphatic heterocycles. The Labute approximate surface area is 127 Å². The van der Waals surface area contributed by atoms with Crippen molar-refractivity contribution >= 4 is 12.0 Å². The number of likely N-dealkylation sites (tertiary alicyclic amines) is 1. The van der Waals surface area contributed by atoms with Gasteiger partial charge in [-0.15, -0.1) is 0 Å². The Kier molecular flexibility index (Phi) is 8.12. The van der Waals surface area contributed by atoms with Crippen LogP contribution in [-0.2, 0) is 4.79 Å². The van der Waals surface area contributed by atoms with Crippen molar-refractivity contribution in [3.63, 3.8) is 0 Å². The van der Waals surface area contributed by atoms with Crippen LogP contribution in [0, 0.1) is 5.92 Å². The molecular formula is C15H29N3O3. The standard InChI is InChI=1S/C15H29N3O3/c1-3-4-5-13(14(19)20)17-15(21)16-9-6-12-7-10-18(2)11-8-12/h12-13H,3-11H2,1-2H3,(H,19,20)(H2,16,17,21). The van der Waals surface area contributed by atoms with Gasteiger partial charge in [0.1, 0.15) is 6.04 Å². The number of rotatable bonds is 8. The van der Waals surface area contributed by atoms with Crippen molar-refractivity contribution in [2.75, 3.05) is 26.7 Å². The SMILES string of the molecule is CCCCC(NC(=O)NCCC1CCN(C)CC1)C(=O)O. The lowest BCUT2D eigenvalue weighted by Gasteiger charge is -2.28. The summed E-state index contributed by atoms with van der Waals surface area (Å²) in [4.78, 5) is 25.1. The zero-order valence-electron chi connectivity index (χ0n) is 13.2. The molecule has 6 nitrogen and oxygen atoms in total. The molecular weight excluding hydrogens is 270 g/mol. The zero-order chi connectivity index (χ0) is 15.7. The number of unbranched alkanes of at least 4 members (excludes halogenated alkanes) is 1. The molecule has 1 unspecified atom stereocenters. The number of amides is 2. The van der Waals surface area contributed by atoms with Gasteiger partial charge in [0.05, 0.1) is 0 Å². The van der Waals surface area contributed by atoms with E-state index in [1.807, 2.05) is 6.92 Å². The third kappa shape index (κ3) is 7.32. The number of carbonyl (C=O) groups is 2. The van der Waals surface area contributed by atoms with Crippen LogP contribution in [-0.4, -0.2) is 54.7 Å². The average molecular weight is 299 g/mol. The number of carbonyl (C=O) groups excluding carboxylic acids is 1. The number of aliphatic carboxylic acids is 1. The molecule has 0 aromatic heterocycles. The molecule has 0 radical (unpaired) electrons. The van der Waals surface area contributed by atoms with Crippen molar-refractivity contribution in [3.8, 4) is 0 Å². The first kappa shape index (κ1) is 17.8. The van der Waals surface area contributed by atoms with E-state index in [-0.39, 0.29) is 6.03 Å². The van der Waals surface area contributed by atoms with Crippen LogP contribution in [0.1, 0.15) is 45.4 Å². The Morgan fingerprint density at radius 3 is 2.57 bits per heavy atom. The maximum Gasteiger partial charge on any atom is 0.326 e. The largest absolute Gasteiger partial charge is 0.480 e. The number of hydrogen-bond acceptors (Lipinski definition) is 3. The Morgan fingerprint density at radius 2 is 2.00 bits per heavy atom. The second-order valence-electron chi connectivity index (χ2n) is 5.97. The Hall–Kier alpha value is -1.30. The molecule has 0 aliphatic carbocycles. The van der Waals surface area contributed by atoms with Crippen LogP contribution in [0.3, 0.4) is 0 Å². The van der Waals surface area contributed by atoms with Gasteiger partial charge in [-0.05, 0) is 51.7 Å². The zero-order valence-corrected chi connectivity index (χ0v) is 13.2. The number of urea groups is 1. The predicted octanol–water partition coefficient (Wildman–Crippen LogP) is 1.66. The number of hydrogen-bond donors (Lipinski definition) is 3. The molecule has 1 rings (SSSR count). The molecule has 0 aromatic carbocycles. The van der Waals surface area contributed by atoms with Crippen LogP contribution >= 0.6 is 0 Å². The van der Waals surface area contributed by atoms with E-state index in [1.165, 1.54) is 12.8 Å². The first-order valence-corrected chi connectivity index (χ1v) is 7.98. The minimum atomic E-state index is -0.964. The summed E-state index contributed by atoms with van der Waals surface area (Å²) >= 11 is 0. The maximum atomic E-state index is 11.7. The van der Waals surface area contributed by atoms with Crippen molar-refractivity contribution in [2.24, 2.45) is 5.92 Å². The van der Waals surface area contributed by atoms with Crippen molar-refractivity contribution in [1.82, 2.24) is 15.5 Å². The number of piperidine rings is 1. The summed E-state index contributed by atoms with van der Waals surface area (Å²) in [5.41, 5.74) is 0. The summed E-state index contributed by atoms with van der Waals surface area (Å²) in [6, 6.07) is -1.15. The van der Waals surface area contributed by atoms with Crippen molar-refractivity contribution in [3.05, 3.63) is 0 Å². The van der Waals surface area contributed by atoms with E-state index in [4.69, 9.17) is 5.11 Å². The average Bonchev–Trinajstić information content (AvgIpc) is 2.45. The van der Waals surface area contributed by atoms with Gasteiger partial charge in [-0.25, -0.2) is 9.59 Å². The first-order chi connectivity index (χ1) is 10.0.